The van der Waals surface area contributed by atoms with Crippen LogP contribution >= 0.6 is 11.8 Å². The normalized spacial score (nSPS) is 11.3. The van der Waals surface area contributed by atoms with E-state index in [1.807, 2.05) is 36.4 Å². The van der Waals surface area contributed by atoms with E-state index in [-0.39, 0.29) is 17.4 Å². The second-order valence-electron chi connectivity index (χ2n) is 8.12. The lowest BCUT2D eigenvalue weighted by Crippen LogP contribution is -2.19. The van der Waals surface area contributed by atoms with E-state index in [0.717, 1.165) is 10.5 Å². The predicted molar refractivity (Wildman–Crippen MR) is 145 cm³/mol. The van der Waals surface area contributed by atoms with E-state index in [9.17, 15) is 18.8 Å². The molecule has 0 saturated heterocycles. The number of nitrogens with one attached hydrogen (secondary N) is 3. The largest absolute Gasteiger partial charge is 0.326 e. The zero-order chi connectivity index (χ0) is 26.2. The second-order valence-corrected chi connectivity index (χ2v) is 9.30. The lowest BCUT2D eigenvalue weighted by molar-refractivity contribution is -0.116. The van der Waals surface area contributed by atoms with Crippen LogP contribution in [-0.2, 0) is 9.59 Å². The van der Waals surface area contributed by atoms with Crippen LogP contribution in [0.3, 0.4) is 0 Å². The van der Waals surface area contributed by atoms with Gasteiger partial charge in [-0.25, -0.2) is 4.39 Å². The van der Waals surface area contributed by atoms with Gasteiger partial charge in [-0.05, 0) is 60.2 Å². The Hall–Kier alpha value is -4.43. The summed E-state index contributed by atoms with van der Waals surface area (Å²) in [5.74, 6) is -1.56. The van der Waals surface area contributed by atoms with Crippen molar-refractivity contribution in [3.63, 3.8) is 0 Å². The van der Waals surface area contributed by atoms with Gasteiger partial charge in [0, 0.05) is 28.9 Å². The van der Waals surface area contributed by atoms with Gasteiger partial charge >= 0.3 is 0 Å². The maximum atomic E-state index is 14.0. The van der Waals surface area contributed by atoms with Crippen LogP contribution in [0.5, 0.6) is 0 Å². The Kier molecular flexibility index (Phi) is 8.33. The van der Waals surface area contributed by atoms with Crippen LogP contribution in [0.1, 0.15) is 28.1 Å². The number of carbonyl (C=O) groups is 3. The van der Waals surface area contributed by atoms with Crippen LogP contribution in [0, 0.1) is 5.82 Å². The molecule has 1 atom stereocenters. The van der Waals surface area contributed by atoms with Crippen molar-refractivity contribution in [3.8, 4) is 0 Å². The number of benzene rings is 4. The quantitative estimate of drug-likeness (QED) is 0.235. The molecule has 186 valence electrons. The van der Waals surface area contributed by atoms with Crippen molar-refractivity contribution in [3.05, 3.63) is 120 Å². The van der Waals surface area contributed by atoms with Crippen LogP contribution in [0.2, 0.25) is 0 Å². The molecule has 3 amide bonds. The zero-order valence-corrected chi connectivity index (χ0v) is 20.7. The van der Waals surface area contributed by atoms with Gasteiger partial charge < -0.3 is 16.0 Å². The Morgan fingerprint density at radius 1 is 0.703 bits per heavy atom. The van der Waals surface area contributed by atoms with Crippen molar-refractivity contribution < 1.29 is 18.8 Å². The molecule has 0 spiro atoms. The van der Waals surface area contributed by atoms with E-state index in [1.165, 1.54) is 36.9 Å². The van der Waals surface area contributed by atoms with E-state index < -0.39 is 17.0 Å². The highest BCUT2D eigenvalue weighted by atomic mass is 32.2. The van der Waals surface area contributed by atoms with Gasteiger partial charge in [0.15, 0.2) is 0 Å². The molecule has 8 heteroatoms. The molecule has 4 aromatic rings. The number of carbonyl (C=O) groups excluding carboxylic acids is 3. The van der Waals surface area contributed by atoms with Crippen molar-refractivity contribution in [1.82, 2.24) is 0 Å². The first-order valence-electron chi connectivity index (χ1n) is 11.4. The van der Waals surface area contributed by atoms with Gasteiger partial charge in [-0.1, -0.05) is 48.5 Å². The summed E-state index contributed by atoms with van der Waals surface area (Å²) in [6.45, 7) is 1.43. The fourth-order valence-electron chi connectivity index (χ4n) is 3.58. The van der Waals surface area contributed by atoms with E-state index in [2.05, 4.69) is 16.0 Å². The fourth-order valence-corrected chi connectivity index (χ4v) is 4.66. The van der Waals surface area contributed by atoms with Gasteiger partial charge in [-0.3, -0.25) is 14.4 Å². The maximum Gasteiger partial charge on any atom is 0.258 e. The SMILES string of the molecule is CC(=O)Nc1ccc(NC(=O)C(Sc2cccc(NC(=O)c3ccccc3F)c2)c2ccccc2)cc1. The molecule has 6 nitrogen and oxygen atoms in total. The molecule has 37 heavy (non-hydrogen) atoms. The molecule has 0 heterocycles. The first kappa shape index (κ1) is 25.7. The molecule has 1 unspecified atom stereocenters. The van der Waals surface area contributed by atoms with E-state index >= 15 is 0 Å². The van der Waals surface area contributed by atoms with Crippen molar-refractivity contribution in [2.75, 3.05) is 16.0 Å². The minimum atomic E-state index is -0.601. The Morgan fingerprint density at radius 3 is 2.03 bits per heavy atom. The molecule has 0 aliphatic carbocycles. The summed E-state index contributed by atoms with van der Waals surface area (Å²) in [5.41, 5.74) is 2.46. The number of halogens is 1. The summed E-state index contributed by atoms with van der Waals surface area (Å²) in [4.78, 5) is 37.9. The number of rotatable bonds is 8. The Balaban J connectivity index is 1.52. The number of hydrogen-bond donors (Lipinski definition) is 3. The molecule has 0 aliphatic heterocycles. The summed E-state index contributed by atoms with van der Waals surface area (Å²) < 4.78 is 14.0. The molecule has 4 rings (SSSR count). The van der Waals surface area contributed by atoms with E-state index in [4.69, 9.17) is 0 Å². The third kappa shape index (κ3) is 7.05. The molecule has 0 saturated carbocycles. The predicted octanol–water partition coefficient (Wildman–Crippen LogP) is 6.51. The average molecular weight is 514 g/mol. The van der Waals surface area contributed by atoms with Gasteiger partial charge in [0.05, 0.1) is 5.56 Å². The maximum absolute atomic E-state index is 14.0. The number of anilines is 3. The van der Waals surface area contributed by atoms with Crippen LogP contribution in [0.4, 0.5) is 21.5 Å². The highest BCUT2D eigenvalue weighted by molar-refractivity contribution is 8.00. The van der Waals surface area contributed by atoms with E-state index in [0.29, 0.717) is 17.1 Å². The third-order valence-corrected chi connectivity index (χ3v) is 6.53. The summed E-state index contributed by atoms with van der Waals surface area (Å²) in [6.07, 6.45) is 0. The van der Waals surface area contributed by atoms with Crippen molar-refractivity contribution in [1.29, 1.82) is 0 Å². The molecule has 0 aromatic heterocycles. The van der Waals surface area contributed by atoms with Crippen LogP contribution in [-0.4, -0.2) is 17.7 Å². The van der Waals surface area contributed by atoms with Crippen LogP contribution < -0.4 is 16.0 Å². The van der Waals surface area contributed by atoms with Gasteiger partial charge in [-0.2, -0.15) is 0 Å². The molecule has 0 bridgehead atoms. The van der Waals surface area contributed by atoms with E-state index in [1.54, 1.807) is 48.5 Å². The van der Waals surface area contributed by atoms with Crippen LogP contribution in [0.25, 0.3) is 0 Å². The summed E-state index contributed by atoms with van der Waals surface area (Å²) >= 11 is 1.33. The first-order chi connectivity index (χ1) is 17.9. The minimum absolute atomic E-state index is 0.0494. The number of amides is 3. The molecule has 0 radical (unpaired) electrons. The average Bonchev–Trinajstić information content (AvgIpc) is 2.89. The lowest BCUT2D eigenvalue weighted by Gasteiger charge is -2.18. The Labute approximate surface area is 218 Å². The summed E-state index contributed by atoms with van der Waals surface area (Å²) in [7, 11) is 0. The minimum Gasteiger partial charge on any atom is -0.326 e. The van der Waals surface area contributed by atoms with Crippen molar-refractivity contribution in [2.45, 2.75) is 17.1 Å². The lowest BCUT2D eigenvalue weighted by atomic mass is 10.1. The molecular formula is C29H24FN3O3S. The molecule has 0 aliphatic rings. The van der Waals surface area contributed by atoms with Gasteiger partial charge in [0.1, 0.15) is 11.1 Å². The summed E-state index contributed by atoms with van der Waals surface area (Å²) in [5, 5.41) is 7.75. The van der Waals surface area contributed by atoms with Crippen molar-refractivity contribution >= 4 is 46.5 Å². The van der Waals surface area contributed by atoms with Gasteiger partial charge in [0.25, 0.3) is 5.91 Å². The number of thioether (sulfide) groups is 1. The number of hydrogen-bond acceptors (Lipinski definition) is 4. The molecule has 3 N–H and O–H groups in total. The first-order valence-corrected chi connectivity index (χ1v) is 12.3. The monoisotopic (exact) mass is 513 g/mol. The second kappa shape index (κ2) is 12.0. The molecular weight excluding hydrogens is 489 g/mol. The topological polar surface area (TPSA) is 87.3 Å². The smallest absolute Gasteiger partial charge is 0.258 e. The standard InChI is InChI=1S/C29H24FN3O3S/c1-19(34)31-21-14-16-22(17-15-21)32-29(36)27(20-8-3-2-4-9-20)37-24-11-7-10-23(18-24)33-28(35)25-12-5-6-13-26(25)30/h2-18,27H,1H3,(H,31,34)(H,32,36)(H,33,35). The van der Waals surface area contributed by atoms with Gasteiger partial charge in [0.2, 0.25) is 11.8 Å². The van der Waals surface area contributed by atoms with Gasteiger partial charge in [-0.15, -0.1) is 11.8 Å². The third-order valence-electron chi connectivity index (χ3n) is 5.28. The van der Waals surface area contributed by atoms with Crippen LogP contribution in [0.15, 0.2) is 108 Å². The molecule has 0 fully saturated rings. The Bertz CT molecular complexity index is 1410. The van der Waals surface area contributed by atoms with Crippen molar-refractivity contribution in [2.24, 2.45) is 0 Å². The zero-order valence-electron chi connectivity index (χ0n) is 19.9. The molecule has 4 aromatic carbocycles. The fraction of sp³-hybridized carbons (Fsp3) is 0.0690. The Morgan fingerprint density at radius 2 is 1.35 bits per heavy atom. The highest BCUT2D eigenvalue weighted by Gasteiger charge is 2.22. The highest BCUT2D eigenvalue weighted by Crippen LogP contribution is 2.37. The summed E-state index contributed by atoms with van der Waals surface area (Å²) in [6, 6.07) is 29.0.